The van der Waals surface area contributed by atoms with Gasteiger partial charge in [-0.15, -0.1) is 0 Å². The molecule has 1 aliphatic carbocycles. The molecule has 1 saturated carbocycles. The van der Waals surface area contributed by atoms with Crippen LogP contribution in [0.2, 0.25) is 5.02 Å². The van der Waals surface area contributed by atoms with E-state index in [0.717, 1.165) is 18.4 Å². The largest absolute Gasteiger partial charge is 0.349 e. The molecule has 4 N–H and O–H groups in total. The number of carbonyl (C=O) groups is 3. The number of carbonyl (C=O) groups excluding carboxylic acids is 3. The van der Waals surface area contributed by atoms with E-state index in [9.17, 15) is 14.4 Å². The van der Waals surface area contributed by atoms with Crippen molar-refractivity contribution >= 4 is 41.0 Å². The first kappa shape index (κ1) is 20.6. The van der Waals surface area contributed by atoms with Gasteiger partial charge in [-0.05, 0) is 49.6 Å². The summed E-state index contributed by atoms with van der Waals surface area (Å²) < 4.78 is 0. The minimum Gasteiger partial charge on any atom is -0.349 e. The molecule has 0 unspecified atom stereocenters. The topological polar surface area (TPSA) is 112 Å². The van der Waals surface area contributed by atoms with Gasteiger partial charge >= 0.3 is 6.03 Å². The number of amides is 4. The number of aryl methyl sites for hydroxylation is 1. The second-order valence-electron chi connectivity index (χ2n) is 6.84. The lowest BCUT2D eigenvalue weighted by Gasteiger charge is -2.11. The number of hydrogen-bond donors (Lipinski definition) is 4. The molecule has 152 valence electrons. The van der Waals surface area contributed by atoms with Gasteiger partial charge in [-0.25, -0.2) is 9.78 Å². The van der Waals surface area contributed by atoms with Crippen molar-refractivity contribution in [3.05, 3.63) is 52.7 Å². The van der Waals surface area contributed by atoms with Crippen molar-refractivity contribution < 1.29 is 14.4 Å². The quantitative estimate of drug-likeness (QED) is 0.556. The summed E-state index contributed by atoms with van der Waals surface area (Å²) in [7, 11) is 0. The first-order chi connectivity index (χ1) is 13.9. The molecular formula is C20H22ClN5O3. The average Bonchev–Trinajstić information content (AvgIpc) is 3.49. The Hall–Kier alpha value is -3.13. The summed E-state index contributed by atoms with van der Waals surface area (Å²) in [5.41, 5.74) is 1.74. The van der Waals surface area contributed by atoms with Crippen LogP contribution in [-0.4, -0.2) is 35.4 Å². The monoisotopic (exact) mass is 415 g/mol. The van der Waals surface area contributed by atoms with Crippen molar-refractivity contribution in [1.82, 2.24) is 15.6 Å². The van der Waals surface area contributed by atoms with Gasteiger partial charge in [-0.1, -0.05) is 17.7 Å². The van der Waals surface area contributed by atoms with Crippen LogP contribution in [-0.2, 0) is 4.79 Å². The predicted molar refractivity (Wildman–Crippen MR) is 111 cm³/mol. The lowest BCUT2D eigenvalue weighted by atomic mass is 10.2. The minimum absolute atomic E-state index is 0.0959. The van der Waals surface area contributed by atoms with E-state index in [0.29, 0.717) is 22.1 Å². The number of urea groups is 1. The fourth-order valence-corrected chi connectivity index (χ4v) is 2.68. The molecule has 3 rings (SSSR count). The van der Waals surface area contributed by atoms with Gasteiger partial charge in [0.05, 0.1) is 10.6 Å². The third-order valence-corrected chi connectivity index (χ3v) is 4.53. The van der Waals surface area contributed by atoms with Crippen LogP contribution in [0.3, 0.4) is 0 Å². The van der Waals surface area contributed by atoms with E-state index in [4.69, 9.17) is 11.6 Å². The maximum atomic E-state index is 12.2. The lowest BCUT2D eigenvalue weighted by Crippen LogP contribution is -2.32. The van der Waals surface area contributed by atoms with Crippen molar-refractivity contribution in [3.8, 4) is 0 Å². The Balaban J connectivity index is 1.44. The molecule has 0 radical (unpaired) electrons. The van der Waals surface area contributed by atoms with Crippen LogP contribution in [0.4, 0.5) is 16.3 Å². The Bertz CT molecular complexity index is 913. The number of aromatic nitrogens is 1. The number of benzene rings is 1. The molecule has 1 aromatic heterocycles. The smallest absolute Gasteiger partial charge is 0.319 e. The number of nitrogens with zero attached hydrogens (tertiary/aromatic N) is 1. The first-order valence-electron chi connectivity index (χ1n) is 9.28. The summed E-state index contributed by atoms with van der Waals surface area (Å²) >= 11 is 6.09. The molecule has 29 heavy (non-hydrogen) atoms. The zero-order valence-electron chi connectivity index (χ0n) is 15.9. The standard InChI is InChI=1S/C20H22ClN5O3/c1-12-2-7-17(23-11-12)26-18(27)8-9-22-20(29)25-14-5-6-16(21)15(10-14)19(28)24-13-3-4-13/h2,5-7,10-11,13H,3-4,8-9H2,1H3,(H,24,28)(H2,22,25,29)(H,23,26,27). The molecule has 1 aliphatic rings. The normalized spacial score (nSPS) is 12.8. The van der Waals surface area contributed by atoms with E-state index in [1.165, 1.54) is 6.07 Å². The number of hydrogen-bond acceptors (Lipinski definition) is 4. The number of rotatable bonds is 7. The van der Waals surface area contributed by atoms with Gasteiger partial charge in [0.1, 0.15) is 5.82 Å². The fraction of sp³-hybridized carbons (Fsp3) is 0.300. The average molecular weight is 416 g/mol. The van der Waals surface area contributed by atoms with Gasteiger partial charge in [0.15, 0.2) is 0 Å². The van der Waals surface area contributed by atoms with Crippen LogP contribution in [0.1, 0.15) is 35.2 Å². The van der Waals surface area contributed by atoms with Gasteiger partial charge in [-0.2, -0.15) is 0 Å². The molecular weight excluding hydrogens is 394 g/mol. The minimum atomic E-state index is -0.484. The summed E-state index contributed by atoms with van der Waals surface area (Å²) in [6, 6.07) is 7.97. The maximum absolute atomic E-state index is 12.2. The van der Waals surface area contributed by atoms with Crippen LogP contribution in [0, 0.1) is 6.92 Å². The number of anilines is 2. The van der Waals surface area contributed by atoms with E-state index in [1.54, 1.807) is 24.4 Å². The second-order valence-corrected chi connectivity index (χ2v) is 7.25. The predicted octanol–water partition coefficient (Wildman–Crippen LogP) is 3.09. The molecule has 1 fully saturated rings. The molecule has 1 aromatic carbocycles. The van der Waals surface area contributed by atoms with Crippen LogP contribution < -0.4 is 21.3 Å². The highest BCUT2D eigenvalue weighted by atomic mass is 35.5. The van der Waals surface area contributed by atoms with Gasteiger partial charge in [0, 0.05) is 30.9 Å². The summed E-state index contributed by atoms with van der Waals surface area (Å²) in [5, 5.41) is 11.1. The molecule has 8 nitrogen and oxygen atoms in total. The van der Waals surface area contributed by atoms with Crippen LogP contribution in [0.15, 0.2) is 36.5 Å². The van der Waals surface area contributed by atoms with Crippen molar-refractivity contribution in [3.63, 3.8) is 0 Å². The Morgan fingerprint density at radius 2 is 1.93 bits per heavy atom. The summed E-state index contributed by atoms with van der Waals surface area (Å²) in [6.07, 6.45) is 3.69. The molecule has 4 amide bonds. The van der Waals surface area contributed by atoms with Crippen molar-refractivity contribution in [2.24, 2.45) is 0 Å². The summed E-state index contributed by atoms with van der Waals surface area (Å²) in [5.74, 6) is -0.0571. The van der Waals surface area contributed by atoms with E-state index < -0.39 is 6.03 Å². The van der Waals surface area contributed by atoms with Gasteiger partial charge in [0.25, 0.3) is 5.91 Å². The van der Waals surface area contributed by atoms with Crippen LogP contribution >= 0.6 is 11.6 Å². The zero-order chi connectivity index (χ0) is 20.8. The van der Waals surface area contributed by atoms with E-state index in [-0.39, 0.29) is 30.8 Å². The van der Waals surface area contributed by atoms with E-state index in [2.05, 4.69) is 26.3 Å². The van der Waals surface area contributed by atoms with Crippen LogP contribution in [0.5, 0.6) is 0 Å². The maximum Gasteiger partial charge on any atom is 0.319 e. The van der Waals surface area contributed by atoms with Gasteiger partial charge in [-0.3, -0.25) is 9.59 Å². The molecule has 2 aromatic rings. The number of nitrogens with one attached hydrogen (secondary N) is 4. The Labute approximate surface area is 173 Å². The highest BCUT2D eigenvalue weighted by molar-refractivity contribution is 6.34. The highest BCUT2D eigenvalue weighted by Gasteiger charge is 2.24. The fourth-order valence-electron chi connectivity index (χ4n) is 2.48. The van der Waals surface area contributed by atoms with Crippen molar-refractivity contribution in [2.45, 2.75) is 32.2 Å². The molecule has 9 heteroatoms. The number of pyridine rings is 1. The molecule has 1 heterocycles. The number of halogens is 1. The van der Waals surface area contributed by atoms with Crippen molar-refractivity contribution in [2.75, 3.05) is 17.2 Å². The Morgan fingerprint density at radius 3 is 2.62 bits per heavy atom. The Morgan fingerprint density at radius 1 is 1.14 bits per heavy atom. The zero-order valence-corrected chi connectivity index (χ0v) is 16.7. The summed E-state index contributed by atoms with van der Waals surface area (Å²) in [4.78, 5) is 40.2. The second kappa shape index (κ2) is 9.38. The Kier molecular flexibility index (Phi) is 6.66. The van der Waals surface area contributed by atoms with Crippen LogP contribution in [0.25, 0.3) is 0 Å². The van der Waals surface area contributed by atoms with Gasteiger partial charge < -0.3 is 21.3 Å². The SMILES string of the molecule is Cc1ccc(NC(=O)CCNC(=O)Nc2ccc(Cl)c(C(=O)NC3CC3)c2)nc1. The van der Waals surface area contributed by atoms with Gasteiger partial charge in [0.2, 0.25) is 5.91 Å². The summed E-state index contributed by atoms with van der Waals surface area (Å²) in [6.45, 7) is 2.05. The molecule has 0 bridgehead atoms. The first-order valence-corrected chi connectivity index (χ1v) is 9.66. The van der Waals surface area contributed by atoms with E-state index in [1.807, 2.05) is 13.0 Å². The molecule has 0 atom stereocenters. The van der Waals surface area contributed by atoms with E-state index >= 15 is 0 Å². The lowest BCUT2D eigenvalue weighted by molar-refractivity contribution is -0.116. The highest BCUT2D eigenvalue weighted by Crippen LogP contribution is 2.23. The molecule has 0 saturated heterocycles. The molecule has 0 spiro atoms. The van der Waals surface area contributed by atoms with Crippen molar-refractivity contribution in [1.29, 1.82) is 0 Å². The third-order valence-electron chi connectivity index (χ3n) is 4.20. The molecule has 0 aliphatic heterocycles. The third kappa shape index (κ3) is 6.46.